The van der Waals surface area contributed by atoms with Gasteiger partial charge >= 0.3 is 0 Å². The SMILES string of the molecule is CCn1c(=S)[nH]c2cc3c(NCc4ccc(N5CCN(C)CC5)cc4)ncnc3cc21. The molecule has 0 atom stereocenters. The first-order chi connectivity index (χ1) is 15.1. The molecule has 1 aliphatic heterocycles. The molecule has 160 valence electrons. The Kier molecular flexibility index (Phi) is 5.33. The number of H-pyrrole nitrogens is 1. The number of anilines is 2. The van der Waals surface area contributed by atoms with Crippen LogP contribution in [0.15, 0.2) is 42.7 Å². The van der Waals surface area contributed by atoms with E-state index in [1.165, 1.54) is 11.3 Å². The zero-order valence-electron chi connectivity index (χ0n) is 17.9. The van der Waals surface area contributed by atoms with Crippen LogP contribution >= 0.6 is 12.2 Å². The Morgan fingerprint density at radius 3 is 2.58 bits per heavy atom. The van der Waals surface area contributed by atoms with Crippen molar-refractivity contribution in [3.8, 4) is 0 Å². The Hall–Kier alpha value is -2.97. The quantitative estimate of drug-likeness (QED) is 0.464. The molecule has 4 aromatic rings. The van der Waals surface area contributed by atoms with Gasteiger partial charge in [0, 0.05) is 50.3 Å². The van der Waals surface area contributed by atoms with Gasteiger partial charge in [0.25, 0.3) is 0 Å². The summed E-state index contributed by atoms with van der Waals surface area (Å²) in [6, 6.07) is 13.0. The summed E-state index contributed by atoms with van der Waals surface area (Å²) in [5, 5.41) is 4.48. The van der Waals surface area contributed by atoms with E-state index in [1.807, 2.05) is 0 Å². The molecule has 1 saturated heterocycles. The van der Waals surface area contributed by atoms with E-state index in [4.69, 9.17) is 12.2 Å². The predicted octanol–water partition coefficient (Wildman–Crippen LogP) is 4.03. The fourth-order valence-corrected chi connectivity index (χ4v) is 4.57. The van der Waals surface area contributed by atoms with Crippen LogP contribution in [0.4, 0.5) is 11.5 Å². The van der Waals surface area contributed by atoms with Crippen molar-refractivity contribution in [2.24, 2.45) is 0 Å². The van der Waals surface area contributed by atoms with E-state index in [0.29, 0.717) is 6.54 Å². The lowest BCUT2D eigenvalue weighted by atomic mass is 10.1. The molecular weight excluding hydrogens is 406 g/mol. The second-order valence-corrected chi connectivity index (χ2v) is 8.48. The number of fused-ring (bicyclic) bond motifs is 2. The first kappa shape index (κ1) is 20.0. The third kappa shape index (κ3) is 3.88. The van der Waals surface area contributed by atoms with E-state index in [-0.39, 0.29) is 0 Å². The van der Waals surface area contributed by atoms with Gasteiger partial charge in [0.05, 0.1) is 16.6 Å². The Bertz CT molecular complexity index is 1270. The summed E-state index contributed by atoms with van der Waals surface area (Å²) in [5.41, 5.74) is 5.51. The van der Waals surface area contributed by atoms with Crippen LogP contribution in [-0.4, -0.2) is 57.6 Å². The first-order valence-corrected chi connectivity index (χ1v) is 11.2. The average Bonchev–Trinajstić information content (AvgIpc) is 3.11. The minimum atomic E-state index is 0.707. The third-order valence-corrected chi connectivity index (χ3v) is 6.43. The van der Waals surface area contributed by atoms with Gasteiger partial charge in [-0.15, -0.1) is 0 Å². The Labute approximate surface area is 186 Å². The number of hydrogen-bond acceptors (Lipinski definition) is 6. The molecule has 0 amide bonds. The molecule has 2 aromatic carbocycles. The fourth-order valence-electron chi connectivity index (χ4n) is 4.24. The molecular formula is C23H27N7S. The van der Waals surface area contributed by atoms with Gasteiger partial charge in [-0.25, -0.2) is 9.97 Å². The van der Waals surface area contributed by atoms with Crippen LogP contribution in [-0.2, 0) is 13.1 Å². The van der Waals surface area contributed by atoms with Crippen molar-refractivity contribution in [3.63, 3.8) is 0 Å². The zero-order chi connectivity index (χ0) is 21.4. The Balaban J connectivity index is 1.36. The average molecular weight is 434 g/mol. The van der Waals surface area contributed by atoms with E-state index in [2.05, 4.69) is 85.0 Å². The molecule has 2 aromatic heterocycles. The van der Waals surface area contributed by atoms with Crippen LogP contribution < -0.4 is 10.2 Å². The Morgan fingerprint density at radius 1 is 1.06 bits per heavy atom. The van der Waals surface area contributed by atoms with Crippen molar-refractivity contribution in [3.05, 3.63) is 53.1 Å². The highest BCUT2D eigenvalue weighted by Gasteiger charge is 2.14. The molecule has 0 spiro atoms. The highest BCUT2D eigenvalue weighted by molar-refractivity contribution is 7.71. The van der Waals surface area contributed by atoms with Crippen molar-refractivity contribution in [2.45, 2.75) is 20.0 Å². The summed E-state index contributed by atoms with van der Waals surface area (Å²) in [6.07, 6.45) is 1.62. The summed E-state index contributed by atoms with van der Waals surface area (Å²) in [6.45, 7) is 8.02. The zero-order valence-corrected chi connectivity index (χ0v) is 18.7. The van der Waals surface area contributed by atoms with E-state index in [1.54, 1.807) is 6.33 Å². The molecule has 1 fully saturated rings. The molecule has 31 heavy (non-hydrogen) atoms. The molecule has 0 radical (unpaired) electrons. The number of aromatic amines is 1. The second kappa shape index (κ2) is 8.28. The lowest BCUT2D eigenvalue weighted by molar-refractivity contribution is 0.313. The van der Waals surface area contributed by atoms with Gasteiger partial charge in [-0.05, 0) is 56.0 Å². The molecule has 0 unspecified atom stereocenters. The standard InChI is InChI=1S/C23H27N7S/c1-3-30-21-13-19-18(12-20(21)27-23(30)31)22(26-15-25-19)24-14-16-4-6-17(7-5-16)29-10-8-28(2)9-11-29/h4-7,12-13,15H,3,8-11,14H2,1-2H3,(H,27,31)(H,24,25,26). The van der Waals surface area contributed by atoms with Crippen molar-refractivity contribution in [1.29, 1.82) is 0 Å². The van der Waals surface area contributed by atoms with Crippen LogP contribution in [0.1, 0.15) is 12.5 Å². The minimum absolute atomic E-state index is 0.707. The summed E-state index contributed by atoms with van der Waals surface area (Å²) in [5.74, 6) is 0.832. The van der Waals surface area contributed by atoms with Crippen LogP contribution in [0.25, 0.3) is 21.9 Å². The van der Waals surface area contributed by atoms with Gasteiger partial charge in [0.15, 0.2) is 4.77 Å². The van der Waals surface area contributed by atoms with Gasteiger partial charge in [0.1, 0.15) is 12.1 Å². The molecule has 3 heterocycles. The topological polar surface area (TPSA) is 65.0 Å². The van der Waals surface area contributed by atoms with Crippen LogP contribution in [0, 0.1) is 4.77 Å². The van der Waals surface area contributed by atoms with Crippen LogP contribution in [0.5, 0.6) is 0 Å². The van der Waals surface area contributed by atoms with Crippen molar-refractivity contribution in [2.75, 3.05) is 43.4 Å². The van der Waals surface area contributed by atoms with Crippen molar-refractivity contribution in [1.82, 2.24) is 24.4 Å². The van der Waals surface area contributed by atoms with Crippen molar-refractivity contribution >= 4 is 45.7 Å². The maximum absolute atomic E-state index is 5.45. The number of piperazine rings is 1. The maximum atomic E-state index is 5.45. The lowest BCUT2D eigenvalue weighted by Gasteiger charge is -2.34. The molecule has 2 N–H and O–H groups in total. The summed E-state index contributed by atoms with van der Waals surface area (Å²) >= 11 is 5.45. The van der Waals surface area contributed by atoms with Crippen LogP contribution in [0.3, 0.4) is 0 Å². The second-order valence-electron chi connectivity index (χ2n) is 8.09. The maximum Gasteiger partial charge on any atom is 0.178 e. The largest absolute Gasteiger partial charge is 0.369 e. The van der Waals surface area contributed by atoms with E-state index in [9.17, 15) is 0 Å². The molecule has 0 aliphatic carbocycles. The van der Waals surface area contributed by atoms with E-state index < -0.39 is 0 Å². The molecule has 8 heteroatoms. The number of imidazole rings is 1. The number of benzene rings is 2. The van der Waals surface area contributed by atoms with Crippen molar-refractivity contribution < 1.29 is 0 Å². The van der Waals surface area contributed by atoms with E-state index in [0.717, 1.165) is 65.2 Å². The van der Waals surface area contributed by atoms with E-state index >= 15 is 0 Å². The lowest BCUT2D eigenvalue weighted by Crippen LogP contribution is -2.44. The van der Waals surface area contributed by atoms with Gasteiger partial charge < -0.3 is 24.7 Å². The Morgan fingerprint density at radius 2 is 1.84 bits per heavy atom. The minimum Gasteiger partial charge on any atom is -0.369 e. The number of rotatable bonds is 5. The predicted molar refractivity (Wildman–Crippen MR) is 129 cm³/mol. The highest BCUT2D eigenvalue weighted by atomic mass is 32.1. The number of aromatic nitrogens is 4. The third-order valence-electron chi connectivity index (χ3n) is 6.11. The summed E-state index contributed by atoms with van der Waals surface area (Å²) < 4.78 is 2.82. The molecule has 0 bridgehead atoms. The fraction of sp³-hybridized carbons (Fsp3) is 0.348. The first-order valence-electron chi connectivity index (χ1n) is 10.8. The number of nitrogens with one attached hydrogen (secondary N) is 2. The van der Waals surface area contributed by atoms with Gasteiger partial charge in [0.2, 0.25) is 0 Å². The number of nitrogens with zero attached hydrogens (tertiary/aromatic N) is 5. The molecule has 7 nitrogen and oxygen atoms in total. The number of likely N-dealkylation sites (N-methyl/N-ethyl adjacent to an activating group) is 1. The summed E-state index contributed by atoms with van der Waals surface area (Å²) in [4.78, 5) is 17.1. The molecule has 1 aliphatic rings. The normalized spacial score (nSPS) is 15.1. The number of aryl methyl sites for hydroxylation is 1. The summed E-state index contributed by atoms with van der Waals surface area (Å²) in [7, 11) is 2.18. The smallest absolute Gasteiger partial charge is 0.178 e. The van der Waals surface area contributed by atoms with Crippen LogP contribution in [0.2, 0.25) is 0 Å². The van der Waals surface area contributed by atoms with Gasteiger partial charge in [-0.3, -0.25) is 0 Å². The highest BCUT2D eigenvalue weighted by Crippen LogP contribution is 2.26. The van der Waals surface area contributed by atoms with Gasteiger partial charge in [-0.1, -0.05) is 12.1 Å². The molecule has 5 rings (SSSR count). The monoisotopic (exact) mass is 433 g/mol. The van der Waals surface area contributed by atoms with Gasteiger partial charge in [-0.2, -0.15) is 0 Å². The number of hydrogen-bond donors (Lipinski definition) is 2. The molecule has 0 saturated carbocycles.